The van der Waals surface area contributed by atoms with Crippen LogP contribution in [0.4, 0.5) is 5.82 Å². The molecule has 2 fully saturated rings. The molecule has 0 spiro atoms. The van der Waals surface area contributed by atoms with Gasteiger partial charge in [0.1, 0.15) is 5.82 Å². The summed E-state index contributed by atoms with van der Waals surface area (Å²) < 4.78 is 10.8. The molecule has 8 nitrogen and oxygen atoms in total. The number of aromatic nitrogens is 1. The quantitative estimate of drug-likeness (QED) is 0.675. The number of hydrogen-bond donors (Lipinski definition) is 0. The van der Waals surface area contributed by atoms with E-state index in [4.69, 9.17) is 9.47 Å². The third-order valence-corrected chi connectivity index (χ3v) is 5.75. The summed E-state index contributed by atoms with van der Waals surface area (Å²) in [6.07, 6.45) is 2.68. The van der Waals surface area contributed by atoms with Gasteiger partial charge in [-0.25, -0.2) is 9.78 Å². The third-order valence-electron chi connectivity index (χ3n) is 5.75. The number of nitrogens with zero attached hydrogens (tertiary/aromatic N) is 4. The van der Waals surface area contributed by atoms with E-state index in [0.29, 0.717) is 25.3 Å². The molecule has 3 atom stereocenters. The van der Waals surface area contributed by atoms with Crippen LogP contribution in [-0.2, 0) is 14.3 Å². The molecule has 0 aliphatic carbocycles. The second-order valence-corrected chi connectivity index (χ2v) is 8.18. The van der Waals surface area contributed by atoms with Crippen LogP contribution in [0.25, 0.3) is 0 Å². The van der Waals surface area contributed by atoms with Gasteiger partial charge in [-0.2, -0.15) is 0 Å². The first-order valence-electron chi connectivity index (χ1n) is 11.0. The second kappa shape index (κ2) is 10.2. The molecule has 0 radical (unpaired) electrons. The average Bonchev–Trinajstić information content (AvgIpc) is 2.98. The minimum atomic E-state index is -0.349. The summed E-state index contributed by atoms with van der Waals surface area (Å²) in [7, 11) is 0. The van der Waals surface area contributed by atoms with Gasteiger partial charge in [-0.1, -0.05) is 0 Å². The van der Waals surface area contributed by atoms with Crippen LogP contribution in [0.1, 0.15) is 44.5 Å². The van der Waals surface area contributed by atoms with Crippen molar-refractivity contribution in [2.75, 3.05) is 50.8 Å². The number of esters is 1. The summed E-state index contributed by atoms with van der Waals surface area (Å²) in [5.74, 6) is 0.680. The van der Waals surface area contributed by atoms with Crippen LogP contribution in [0.5, 0.6) is 0 Å². The predicted molar refractivity (Wildman–Crippen MR) is 115 cm³/mol. The zero-order valence-corrected chi connectivity index (χ0v) is 18.5. The number of ether oxygens (including phenoxy) is 2. The van der Waals surface area contributed by atoms with Gasteiger partial charge in [0.05, 0.1) is 30.4 Å². The number of amides is 1. The number of hydrogen-bond acceptors (Lipinski definition) is 7. The molecule has 3 heterocycles. The number of pyridine rings is 1. The Balaban J connectivity index is 1.57. The van der Waals surface area contributed by atoms with Crippen molar-refractivity contribution < 1.29 is 19.1 Å². The number of carbonyl (C=O) groups is 2. The Labute approximate surface area is 179 Å². The Morgan fingerprint density at radius 1 is 1.17 bits per heavy atom. The van der Waals surface area contributed by atoms with E-state index in [0.717, 1.165) is 38.4 Å². The molecule has 0 bridgehead atoms. The number of rotatable bonds is 5. The highest BCUT2D eigenvalue weighted by Gasteiger charge is 2.32. The van der Waals surface area contributed by atoms with Crippen molar-refractivity contribution in [2.24, 2.45) is 0 Å². The van der Waals surface area contributed by atoms with Crippen LogP contribution >= 0.6 is 0 Å². The van der Waals surface area contributed by atoms with E-state index in [-0.39, 0.29) is 30.1 Å². The smallest absolute Gasteiger partial charge is 0.339 e. The standard InChI is InChI=1S/C22H34N4O4/c1-5-29-22(28)19-7-8-20(23-13-19)25-10-6-9-24(11-12-25)18(4)21(27)26-14-16(2)30-17(3)15-26/h7-8,13,16-18H,5-6,9-12,14-15H2,1-4H3. The van der Waals surface area contributed by atoms with E-state index in [9.17, 15) is 9.59 Å². The fraction of sp³-hybridized carbons (Fsp3) is 0.682. The summed E-state index contributed by atoms with van der Waals surface area (Å²) in [5, 5.41) is 0. The molecule has 3 unspecified atom stereocenters. The van der Waals surface area contributed by atoms with Crippen molar-refractivity contribution in [2.45, 2.75) is 52.4 Å². The Morgan fingerprint density at radius 3 is 2.53 bits per heavy atom. The molecule has 0 N–H and O–H groups in total. The number of anilines is 1. The average molecular weight is 419 g/mol. The highest BCUT2D eigenvalue weighted by Crippen LogP contribution is 2.18. The van der Waals surface area contributed by atoms with Crippen molar-refractivity contribution in [3.63, 3.8) is 0 Å². The molecule has 8 heteroatoms. The zero-order valence-electron chi connectivity index (χ0n) is 18.5. The first-order valence-corrected chi connectivity index (χ1v) is 11.0. The topological polar surface area (TPSA) is 75.2 Å². The lowest BCUT2D eigenvalue weighted by Gasteiger charge is -2.38. The van der Waals surface area contributed by atoms with Crippen LogP contribution in [0.15, 0.2) is 18.3 Å². The summed E-state index contributed by atoms with van der Waals surface area (Å²) >= 11 is 0. The van der Waals surface area contributed by atoms with Gasteiger partial charge < -0.3 is 19.3 Å². The lowest BCUT2D eigenvalue weighted by Crippen LogP contribution is -2.54. The van der Waals surface area contributed by atoms with Gasteiger partial charge in [-0.15, -0.1) is 0 Å². The fourth-order valence-electron chi connectivity index (χ4n) is 4.24. The summed E-state index contributed by atoms with van der Waals surface area (Å²) in [6, 6.07) is 3.48. The monoisotopic (exact) mass is 418 g/mol. The molecule has 166 valence electrons. The Morgan fingerprint density at radius 2 is 1.90 bits per heavy atom. The largest absolute Gasteiger partial charge is 0.462 e. The van der Waals surface area contributed by atoms with E-state index in [1.54, 1.807) is 19.2 Å². The Bertz CT molecular complexity index is 716. The zero-order chi connectivity index (χ0) is 21.7. The molecule has 1 aromatic heterocycles. The lowest BCUT2D eigenvalue weighted by atomic mass is 10.1. The highest BCUT2D eigenvalue weighted by molar-refractivity contribution is 5.89. The first-order chi connectivity index (χ1) is 14.4. The maximum absolute atomic E-state index is 13.1. The molecule has 30 heavy (non-hydrogen) atoms. The molecular weight excluding hydrogens is 384 g/mol. The second-order valence-electron chi connectivity index (χ2n) is 8.18. The van der Waals surface area contributed by atoms with Crippen molar-refractivity contribution in [3.05, 3.63) is 23.9 Å². The van der Waals surface area contributed by atoms with Crippen LogP contribution < -0.4 is 4.90 Å². The van der Waals surface area contributed by atoms with Gasteiger partial charge >= 0.3 is 5.97 Å². The molecule has 2 aliphatic rings. The molecule has 2 aliphatic heterocycles. The number of carbonyl (C=O) groups excluding carboxylic acids is 2. The first kappa shape index (κ1) is 22.5. The van der Waals surface area contributed by atoms with Crippen molar-refractivity contribution >= 4 is 17.7 Å². The van der Waals surface area contributed by atoms with E-state index in [1.807, 2.05) is 31.7 Å². The van der Waals surface area contributed by atoms with E-state index >= 15 is 0 Å². The molecule has 1 amide bonds. The van der Waals surface area contributed by atoms with Crippen LogP contribution in [0.3, 0.4) is 0 Å². The van der Waals surface area contributed by atoms with E-state index in [2.05, 4.69) is 14.8 Å². The molecule has 1 aromatic rings. The number of morpholine rings is 1. The maximum atomic E-state index is 13.1. The van der Waals surface area contributed by atoms with Crippen molar-refractivity contribution in [1.29, 1.82) is 0 Å². The van der Waals surface area contributed by atoms with Crippen LogP contribution in [0, 0.1) is 0 Å². The van der Waals surface area contributed by atoms with E-state index < -0.39 is 0 Å². The van der Waals surface area contributed by atoms with Crippen LogP contribution in [-0.4, -0.2) is 90.8 Å². The van der Waals surface area contributed by atoms with Crippen molar-refractivity contribution in [1.82, 2.24) is 14.8 Å². The summed E-state index contributed by atoms with van der Waals surface area (Å²) in [5.41, 5.74) is 0.463. The molecule has 2 saturated heterocycles. The molecular formula is C22H34N4O4. The summed E-state index contributed by atoms with van der Waals surface area (Å²) in [6.45, 7) is 12.8. The van der Waals surface area contributed by atoms with Gasteiger partial charge in [-0.3, -0.25) is 9.69 Å². The Hall–Kier alpha value is -2.19. The third kappa shape index (κ3) is 5.49. The van der Waals surface area contributed by atoms with Gasteiger partial charge in [0, 0.05) is 45.5 Å². The van der Waals surface area contributed by atoms with Gasteiger partial charge in [0.25, 0.3) is 0 Å². The van der Waals surface area contributed by atoms with Gasteiger partial charge in [0.15, 0.2) is 0 Å². The minimum absolute atomic E-state index is 0.0770. The van der Waals surface area contributed by atoms with Crippen LogP contribution in [0.2, 0.25) is 0 Å². The van der Waals surface area contributed by atoms with Gasteiger partial charge in [-0.05, 0) is 46.2 Å². The van der Waals surface area contributed by atoms with Crippen molar-refractivity contribution in [3.8, 4) is 0 Å². The van der Waals surface area contributed by atoms with Gasteiger partial charge in [0.2, 0.25) is 5.91 Å². The fourth-order valence-corrected chi connectivity index (χ4v) is 4.24. The summed E-state index contributed by atoms with van der Waals surface area (Å²) in [4.78, 5) is 35.8. The normalized spacial score (nSPS) is 24.3. The SMILES string of the molecule is CCOC(=O)c1ccc(N2CCCN(C(C)C(=O)N3CC(C)OC(C)C3)CC2)nc1. The molecule has 0 aromatic carbocycles. The molecule has 3 rings (SSSR count). The highest BCUT2D eigenvalue weighted by atomic mass is 16.5. The van der Waals surface area contributed by atoms with E-state index in [1.165, 1.54) is 0 Å². The lowest BCUT2D eigenvalue weighted by molar-refractivity contribution is -0.148. The molecule has 0 saturated carbocycles. The Kier molecular flexibility index (Phi) is 7.66. The minimum Gasteiger partial charge on any atom is -0.462 e. The maximum Gasteiger partial charge on any atom is 0.339 e. The predicted octanol–water partition coefficient (Wildman–Crippen LogP) is 1.79.